The summed E-state index contributed by atoms with van der Waals surface area (Å²) in [6.45, 7) is 2.61. The second-order valence-electron chi connectivity index (χ2n) is 3.61. The third-order valence-electron chi connectivity index (χ3n) is 2.17. The highest BCUT2D eigenvalue weighted by Gasteiger charge is 2.08. The molecule has 0 spiro atoms. The molecule has 0 fully saturated rings. The molecule has 0 heterocycles. The van der Waals surface area contributed by atoms with E-state index in [0.29, 0.717) is 12.1 Å². The molecule has 1 rings (SSSR count). The molecule has 0 saturated heterocycles. The van der Waals surface area contributed by atoms with E-state index >= 15 is 0 Å². The molecule has 0 aliphatic rings. The van der Waals surface area contributed by atoms with Gasteiger partial charge in [0.1, 0.15) is 0 Å². The number of carbonyl (C=O) groups excluding carboxylic acids is 1. The van der Waals surface area contributed by atoms with Gasteiger partial charge in [-0.05, 0) is 47.2 Å². The molecule has 1 unspecified atom stereocenters. The first-order valence-electron chi connectivity index (χ1n) is 5.31. The number of alkyl halides is 1. The smallest absolute Gasteiger partial charge is 0.251 e. The molecule has 2 nitrogen and oxygen atoms in total. The summed E-state index contributed by atoms with van der Waals surface area (Å²) in [5.74, 6) is -0.0553. The summed E-state index contributed by atoms with van der Waals surface area (Å²) in [4.78, 5) is 11.7. The molecule has 1 N–H and O–H groups in total. The van der Waals surface area contributed by atoms with Crippen molar-refractivity contribution in [3.05, 3.63) is 33.4 Å². The van der Waals surface area contributed by atoms with E-state index in [-0.39, 0.29) is 11.3 Å². The molecule has 1 aromatic carbocycles. The van der Waals surface area contributed by atoms with Crippen LogP contribution in [0.3, 0.4) is 0 Å². The maximum atomic E-state index is 11.7. The van der Waals surface area contributed by atoms with Crippen molar-refractivity contribution in [1.82, 2.24) is 5.32 Å². The molecule has 1 atom stereocenters. The number of halogens is 2. The van der Waals surface area contributed by atoms with Gasteiger partial charge in [-0.1, -0.05) is 19.4 Å². The highest BCUT2D eigenvalue weighted by molar-refractivity contribution is 14.1. The Labute approximate surface area is 115 Å². The van der Waals surface area contributed by atoms with Crippen molar-refractivity contribution in [3.8, 4) is 0 Å². The van der Waals surface area contributed by atoms with Crippen LogP contribution in [0.5, 0.6) is 0 Å². The van der Waals surface area contributed by atoms with E-state index in [1.807, 2.05) is 18.2 Å². The second-order valence-corrected chi connectivity index (χ2v) is 5.47. The van der Waals surface area contributed by atoms with Crippen molar-refractivity contribution in [3.63, 3.8) is 0 Å². The topological polar surface area (TPSA) is 29.1 Å². The van der Waals surface area contributed by atoms with Gasteiger partial charge in [-0.15, -0.1) is 11.6 Å². The molecule has 0 aliphatic heterocycles. The minimum atomic E-state index is -0.0553. The number of carbonyl (C=O) groups is 1. The Morgan fingerprint density at radius 1 is 1.56 bits per heavy atom. The standard InChI is InChI=1S/C12H15ClINO/c1-2-4-10(13)8-15-12(16)9-5-3-6-11(14)7-9/h3,5-7,10H,2,4,8H2,1H3,(H,15,16). The molecule has 1 aromatic rings. The zero-order valence-electron chi connectivity index (χ0n) is 9.17. The van der Waals surface area contributed by atoms with E-state index in [9.17, 15) is 4.79 Å². The van der Waals surface area contributed by atoms with Crippen LogP contribution in [0.25, 0.3) is 0 Å². The lowest BCUT2D eigenvalue weighted by atomic mass is 10.2. The molecule has 0 aliphatic carbocycles. The van der Waals surface area contributed by atoms with Gasteiger partial charge in [0.15, 0.2) is 0 Å². The number of rotatable bonds is 5. The van der Waals surface area contributed by atoms with E-state index in [0.717, 1.165) is 16.4 Å². The predicted octanol–water partition coefficient (Wildman–Crippen LogP) is 3.43. The number of benzene rings is 1. The Morgan fingerprint density at radius 2 is 2.31 bits per heavy atom. The van der Waals surface area contributed by atoms with Crippen LogP contribution in [0.2, 0.25) is 0 Å². The summed E-state index contributed by atoms with van der Waals surface area (Å²) in [6, 6.07) is 7.50. The van der Waals surface area contributed by atoms with Crippen LogP contribution in [0.15, 0.2) is 24.3 Å². The molecule has 0 bridgehead atoms. The fraction of sp³-hybridized carbons (Fsp3) is 0.417. The van der Waals surface area contributed by atoms with Gasteiger partial charge in [-0.25, -0.2) is 0 Å². The normalized spacial score (nSPS) is 12.2. The van der Waals surface area contributed by atoms with Crippen LogP contribution in [0.1, 0.15) is 30.1 Å². The number of hydrogen-bond acceptors (Lipinski definition) is 1. The van der Waals surface area contributed by atoms with Crippen molar-refractivity contribution in [2.75, 3.05) is 6.54 Å². The van der Waals surface area contributed by atoms with Crippen molar-refractivity contribution in [1.29, 1.82) is 0 Å². The first-order valence-corrected chi connectivity index (χ1v) is 6.83. The number of hydrogen-bond donors (Lipinski definition) is 1. The Morgan fingerprint density at radius 3 is 2.94 bits per heavy atom. The summed E-state index contributed by atoms with van der Waals surface area (Å²) >= 11 is 8.22. The fourth-order valence-corrected chi connectivity index (χ4v) is 2.19. The van der Waals surface area contributed by atoms with Crippen molar-refractivity contribution in [2.45, 2.75) is 25.1 Å². The monoisotopic (exact) mass is 351 g/mol. The minimum Gasteiger partial charge on any atom is -0.351 e. The average Bonchev–Trinajstić information content (AvgIpc) is 2.26. The SMILES string of the molecule is CCCC(Cl)CNC(=O)c1cccc(I)c1. The van der Waals surface area contributed by atoms with Crippen LogP contribution >= 0.6 is 34.2 Å². The Kier molecular flexibility index (Phi) is 6.13. The molecule has 0 aromatic heterocycles. The summed E-state index contributed by atoms with van der Waals surface area (Å²) in [5.41, 5.74) is 0.687. The molecular weight excluding hydrogens is 336 g/mol. The molecule has 0 saturated carbocycles. The van der Waals surface area contributed by atoms with Gasteiger partial charge in [-0.2, -0.15) is 0 Å². The van der Waals surface area contributed by atoms with Crippen LogP contribution in [-0.2, 0) is 0 Å². The summed E-state index contributed by atoms with van der Waals surface area (Å²) in [5, 5.41) is 2.86. The molecule has 1 amide bonds. The second kappa shape index (κ2) is 7.12. The third kappa shape index (κ3) is 4.70. The lowest BCUT2D eigenvalue weighted by Gasteiger charge is -2.09. The Hall–Kier alpha value is -0.290. The van der Waals surface area contributed by atoms with E-state index in [1.165, 1.54) is 0 Å². The lowest BCUT2D eigenvalue weighted by Crippen LogP contribution is -2.29. The maximum absolute atomic E-state index is 11.7. The first-order chi connectivity index (χ1) is 7.63. The van der Waals surface area contributed by atoms with Gasteiger partial charge in [-0.3, -0.25) is 4.79 Å². The van der Waals surface area contributed by atoms with Crippen molar-refractivity contribution < 1.29 is 4.79 Å². The van der Waals surface area contributed by atoms with E-state index < -0.39 is 0 Å². The van der Waals surface area contributed by atoms with Gasteiger partial charge in [0, 0.05) is 15.7 Å². The Bertz CT molecular complexity index is 357. The van der Waals surface area contributed by atoms with Gasteiger partial charge < -0.3 is 5.32 Å². The van der Waals surface area contributed by atoms with Crippen molar-refractivity contribution in [2.24, 2.45) is 0 Å². The largest absolute Gasteiger partial charge is 0.351 e. The quantitative estimate of drug-likeness (QED) is 0.639. The number of nitrogens with one attached hydrogen (secondary N) is 1. The Balaban J connectivity index is 2.47. The average molecular weight is 352 g/mol. The minimum absolute atomic E-state index is 0.0248. The summed E-state index contributed by atoms with van der Waals surface area (Å²) < 4.78 is 1.06. The lowest BCUT2D eigenvalue weighted by molar-refractivity contribution is 0.0953. The maximum Gasteiger partial charge on any atom is 0.251 e. The zero-order chi connectivity index (χ0) is 12.0. The molecule has 88 valence electrons. The van der Waals surface area contributed by atoms with Crippen molar-refractivity contribution >= 4 is 40.1 Å². The number of amides is 1. The molecule has 0 radical (unpaired) electrons. The van der Waals surface area contributed by atoms with Crippen LogP contribution in [0, 0.1) is 3.57 Å². The molecule has 4 heteroatoms. The van der Waals surface area contributed by atoms with Crippen LogP contribution in [-0.4, -0.2) is 17.8 Å². The van der Waals surface area contributed by atoms with Crippen LogP contribution in [0.4, 0.5) is 0 Å². The molecular formula is C12H15ClINO. The van der Waals surface area contributed by atoms with Gasteiger partial charge >= 0.3 is 0 Å². The highest BCUT2D eigenvalue weighted by Crippen LogP contribution is 2.08. The van der Waals surface area contributed by atoms with E-state index in [4.69, 9.17) is 11.6 Å². The highest BCUT2D eigenvalue weighted by atomic mass is 127. The van der Waals surface area contributed by atoms with Gasteiger partial charge in [0.25, 0.3) is 5.91 Å². The van der Waals surface area contributed by atoms with Gasteiger partial charge in [0.05, 0.1) is 5.38 Å². The van der Waals surface area contributed by atoms with E-state index in [2.05, 4.69) is 34.8 Å². The predicted molar refractivity (Wildman–Crippen MR) is 76.0 cm³/mol. The zero-order valence-corrected chi connectivity index (χ0v) is 12.1. The molecule has 16 heavy (non-hydrogen) atoms. The summed E-state index contributed by atoms with van der Waals surface area (Å²) in [6.07, 6.45) is 1.96. The first kappa shape index (κ1) is 13.8. The fourth-order valence-electron chi connectivity index (χ4n) is 1.35. The van der Waals surface area contributed by atoms with Gasteiger partial charge in [0.2, 0.25) is 0 Å². The van der Waals surface area contributed by atoms with Crippen LogP contribution < -0.4 is 5.32 Å². The third-order valence-corrected chi connectivity index (χ3v) is 3.22. The summed E-state index contributed by atoms with van der Waals surface area (Å²) in [7, 11) is 0. The van der Waals surface area contributed by atoms with E-state index in [1.54, 1.807) is 6.07 Å².